The molecule has 0 spiro atoms. The Balaban J connectivity index is 1.37. The first-order valence-electron chi connectivity index (χ1n) is 9.66. The van der Waals surface area contributed by atoms with Gasteiger partial charge in [-0.3, -0.25) is 9.59 Å². The van der Waals surface area contributed by atoms with Crippen LogP contribution in [0.2, 0.25) is 0 Å². The topological polar surface area (TPSA) is 67.9 Å². The molecule has 2 aromatic rings. The van der Waals surface area contributed by atoms with E-state index in [0.717, 1.165) is 16.0 Å². The van der Waals surface area contributed by atoms with Crippen molar-refractivity contribution < 1.29 is 19.1 Å². The normalized spacial score (nSPS) is 14.3. The number of halogens is 1. The average molecular weight is 461 g/mol. The zero-order valence-electron chi connectivity index (χ0n) is 16.4. The summed E-state index contributed by atoms with van der Waals surface area (Å²) in [7, 11) is 1.62. The lowest BCUT2D eigenvalue weighted by Gasteiger charge is -2.31. The minimum atomic E-state index is -0.0649. The van der Waals surface area contributed by atoms with Crippen LogP contribution in [0.5, 0.6) is 11.5 Å². The van der Waals surface area contributed by atoms with E-state index in [0.29, 0.717) is 44.6 Å². The summed E-state index contributed by atoms with van der Waals surface area (Å²) in [5.41, 5.74) is 0.673. The van der Waals surface area contributed by atoms with E-state index in [1.165, 1.54) is 0 Å². The monoisotopic (exact) mass is 460 g/mol. The summed E-state index contributed by atoms with van der Waals surface area (Å²) in [5, 5.41) is 2.93. The lowest BCUT2D eigenvalue weighted by molar-refractivity contribution is -0.126. The van der Waals surface area contributed by atoms with Gasteiger partial charge in [0.05, 0.1) is 13.7 Å². The maximum absolute atomic E-state index is 12.6. The second kappa shape index (κ2) is 10.3. The molecular weight excluding hydrogens is 436 g/mol. The predicted molar refractivity (Wildman–Crippen MR) is 114 cm³/mol. The molecule has 29 heavy (non-hydrogen) atoms. The first-order chi connectivity index (χ1) is 14.1. The molecule has 1 saturated heterocycles. The summed E-state index contributed by atoms with van der Waals surface area (Å²) in [6.07, 6.45) is 1.35. The molecule has 1 aliphatic heterocycles. The molecule has 3 rings (SSSR count). The van der Waals surface area contributed by atoms with E-state index in [1.54, 1.807) is 7.11 Å². The molecule has 1 aliphatic rings. The van der Waals surface area contributed by atoms with Gasteiger partial charge in [-0.05, 0) is 61.4 Å². The van der Waals surface area contributed by atoms with Gasteiger partial charge in [-0.1, -0.05) is 15.9 Å². The third kappa shape index (κ3) is 5.97. The van der Waals surface area contributed by atoms with Crippen LogP contribution >= 0.6 is 15.9 Å². The van der Waals surface area contributed by atoms with Gasteiger partial charge in [0.2, 0.25) is 5.91 Å². The molecule has 0 aliphatic carbocycles. The van der Waals surface area contributed by atoms with Crippen LogP contribution in [0.25, 0.3) is 0 Å². The molecule has 0 bridgehead atoms. The van der Waals surface area contributed by atoms with Crippen LogP contribution in [0.3, 0.4) is 0 Å². The highest BCUT2D eigenvalue weighted by atomic mass is 79.9. The largest absolute Gasteiger partial charge is 0.497 e. The molecule has 0 unspecified atom stereocenters. The van der Waals surface area contributed by atoms with Crippen molar-refractivity contribution in [3.63, 3.8) is 0 Å². The summed E-state index contributed by atoms with van der Waals surface area (Å²) in [5.74, 6) is 1.49. The molecular formula is C22H25BrN2O4. The van der Waals surface area contributed by atoms with E-state index in [9.17, 15) is 9.59 Å². The predicted octanol–water partition coefficient (Wildman–Crippen LogP) is 3.51. The summed E-state index contributed by atoms with van der Waals surface area (Å²) >= 11 is 3.38. The zero-order chi connectivity index (χ0) is 20.6. The van der Waals surface area contributed by atoms with Gasteiger partial charge in [0.15, 0.2) is 0 Å². The lowest BCUT2D eigenvalue weighted by Crippen LogP contribution is -2.43. The van der Waals surface area contributed by atoms with Gasteiger partial charge in [0.25, 0.3) is 5.91 Å². The zero-order valence-corrected chi connectivity index (χ0v) is 18.0. The maximum atomic E-state index is 12.6. The number of amides is 2. The van der Waals surface area contributed by atoms with Crippen molar-refractivity contribution in [3.05, 3.63) is 58.6 Å². The van der Waals surface area contributed by atoms with Crippen LogP contribution < -0.4 is 14.8 Å². The van der Waals surface area contributed by atoms with E-state index in [4.69, 9.17) is 9.47 Å². The molecule has 0 aromatic heterocycles. The highest BCUT2D eigenvalue weighted by Gasteiger charge is 2.27. The standard InChI is InChI=1S/C22H25BrN2O4/c1-28-19-6-8-20(9-7-19)29-15-12-24-21(26)16-10-13-25(14-11-16)22(27)17-2-4-18(23)5-3-17/h2-9,16H,10-15H2,1H3,(H,24,26). The average Bonchev–Trinajstić information content (AvgIpc) is 2.77. The van der Waals surface area contributed by atoms with Crippen molar-refractivity contribution >= 4 is 27.7 Å². The molecule has 0 atom stereocenters. The SMILES string of the molecule is COc1ccc(OCCNC(=O)C2CCN(C(=O)c3ccc(Br)cc3)CC2)cc1. The molecule has 1 heterocycles. The number of nitrogens with zero attached hydrogens (tertiary/aromatic N) is 1. The molecule has 1 N–H and O–H groups in total. The first kappa shape index (κ1) is 21.2. The Morgan fingerprint density at radius 1 is 1.03 bits per heavy atom. The number of carbonyl (C=O) groups excluding carboxylic acids is 2. The van der Waals surface area contributed by atoms with Gasteiger partial charge < -0.3 is 19.7 Å². The minimum absolute atomic E-state index is 0.0178. The van der Waals surface area contributed by atoms with Crippen LogP contribution in [0, 0.1) is 5.92 Å². The lowest BCUT2D eigenvalue weighted by atomic mass is 9.95. The second-order valence-electron chi connectivity index (χ2n) is 6.89. The minimum Gasteiger partial charge on any atom is -0.497 e. The molecule has 0 saturated carbocycles. The van der Waals surface area contributed by atoms with E-state index in [1.807, 2.05) is 53.4 Å². The quantitative estimate of drug-likeness (QED) is 0.641. The Morgan fingerprint density at radius 3 is 2.28 bits per heavy atom. The van der Waals surface area contributed by atoms with Crippen molar-refractivity contribution in [2.24, 2.45) is 5.92 Å². The van der Waals surface area contributed by atoms with Crippen molar-refractivity contribution in [1.82, 2.24) is 10.2 Å². The molecule has 2 amide bonds. The highest BCUT2D eigenvalue weighted by Crippen LogP contribution is 2.20. The van der Waals surface area contributed by atoms with Gasteiger partial charge in [0, 0.05) is 29.0 Å². The Labute approximate surface area is 179 Å². The molecule has 1 fully saturated rings. The second-order valence-corrected chi connectivity index (χ2v) is 7.80. The number of rotatable bonds is 7. The first-order valence-corrected chi connectivity index (χ1v) is 10.5. The van der Waals surface area contributed by atoms with Gasteiger partial charge in [0.1, 0.15) is 18.1 Å². The summed E-state index contributed by atoms with van der Waals surface area (Å²) in [4.78, 5) is 26.8. The van der Waals surface area contributed by atoms with E-state index >= 15 is 0 Å². The number of ether oxygens (including phenoxy) is 2. The van der Waals surface area contributed by atoms with E-state index in [2.05, 4.69) is 21.2 Å². The summed E-state index contributed by atoms with van der Waals surface area (Å²) in [6.45, 7) is 2.03. The van der Waals surface area contributed by atoms with Crippen LogP contribution in [0.15, 0.2) is 53.0 Å². The fourth-order valence-electron chi connectivity index (χ4n) is 3.28. The van der Waals surface area contributed by atoms with Gasteiger partial charge >= 0.3 is 0 Å². The molecule has 2 aromatic carbocycles. The Morgan fingerprint density at radius 2 is 1.66 bits per heavy atom. The van der Waals surface area contributed by atoms with Crippen LogP contribution in [-0.2, 0) is 4.79 Å². The third-order valence-corrected chi connectivity index (χ3v) is 5.50. The molecule has 6 nitrogen and oxygen atoms in total. The number of methoxy groups -OCH3 is 1. The van der Waals surface area contributed by atoms with Crippen LogP contribution in [-0.4, -0.2) is 50.1 Å². The number of benzene rings is 2. The van der Waals surface area contributed by atoms with Crippen molar-refractivity contribution in [2.75, 3.05) is 33.4 Å². The number of piperidine rings is 1. The molecule has 7 heteroatoms. The fourth-order valence-corrected chi connectivity index (χ4v) is 3.54. The van der Waals surface area contributed by atoms with Gasteiger partial charge in [-0.2, -0.15) is 0 Å². The van der Waals surface area contributed by atoms with Crippen molar-refractivity contribution in [3.8, 4) is 11.5 Å². The number of hydrogen-bond acceptors (Lipinski definition) is 4. The Bertz CT molecular complexity index is 816. The Hall–Kier alpha value is -2.54. The maximum Gasteiger partial charge on any atom is 0.253 e. The highest BCUT2D eigenvalue weighted by molar-refractivity contribution is 9.10. The van der Waals surface area contributed by atoms with E-state index < -0.39 is 0 Å². The number of nitrogens with one attached hydrogen (secondary N) is 1. The number of carbonyl (C=O) groups is 2. The van der Waals surface area contributed by atoms with Crippen molar-refractivity contribution in [1.29, 1.82) is 0 Å². The third-order valence-electron chi connectivity index (χ3n) is 4.97. The van der Waals surface area contributed by atoms with Crippen LogP contribution in [0.1, 0.15) is 23.2 Å². The number of hydrogen-bond donors (Lipinski definition) is 1. The summed E-state index contributed by atoms with van der Waals surface area (Å²) < 4.78 is 11.7. The Kier molecular flexibility index (Phi) is 7.52. The molecule has 0 radical (unpaired) electrons. The van der Waals surface area contributed by atoms with Crippen LogP contribution in [0.4, 0.5) is 0 Å². The van der Waals surface area contributed by atoms with Gasteiger partial charge in [-0.25, -0.2) is 0 Å². The molecule has 154 valence electrons. The van der Waals surface area contributed by atoms with Gasteiger partial charge in [-0.15, -0.1) is 0 Å². The number of likely N-dealkylation sites (tertiary alicyclic amines) is 1. The van der Waals surface area contributed by atoms with Crippen molar-refractivity contribution in [2.45, 2.75) is 12.8 Å². The smallest absolute Gasteiger partial charge is 0.253 e. The van der Waals surface area contributed by atoms with E-state index in [-0.39, 0.29) is 17.7 Å². The summed E-state index contributed by atoms with van der Waals surface area (Å²) in [6, 6.07) is 14.7. The fraction of sp³-hybridized carbons (Fsp3) is 0.364.